The number of phosphoric ester groups is 2. The number of unbranched alkanes of at least 4 members (excludes halogenated alkanes) is 39. The van der Waals surface area contributed by atoms with Crippen LogP contribution in [-0.2, 0) is 65.4 Å². The Morgan fingerprint density at radius 3 is 0.740 bits per heavy atom. The van der Waals surface area contributed by atoms with Crippen LogP contribution in [0.3, 0.4) is 0 Å². The number of hydrogen-bond acceptors (Lipinski definition) is 15. The Labute approximate surface area is 588 Å². The summed E-state index contributed by atoms with van der Waals surface area (Å²) in [6.45, 7) is 14.1. The lowest BCUT2D eigenvalue weighted by Gasteiger charge is -2.21. The van der Waals surface area contributed by atoms with Gasteiger partial charge < -0.3 is 33.8 Å². The van der Waals surface area contributed by atoms with Crippen molar-refractivity contribution in [3.63, 3.8) is 0 Å². The van der Waals surface area contributed by atoms with E-state index in [0.29, 0.717) is 37.5 Å². The number of phosphoric acid groups is 2. The fourth-order valence-corrected chi connectivity index (χ4v) is 13.3. The van der Waals surface area contributed by atoms with E-state index in [0.717, 1.165) is 115 Å². The minimum absolute atomic E-state index is 0.106. The zero-order valence-electron chi connectivity index (χ0n) is 63.0. The molecule has 0 saturated carbocycles. The molecule has 0 aromatic rings. The molecule has 17 nitrogen and oxygen atoms in total. The highest BCUT2D eigenvalue weighted by molar-refractivity contribution is 7.47. The largest absolute Gasteiger partial charge is 0.472 e. The normalized spacial score (nSPS) is 14.4. The number of carbonyl (C=O) groups excluding carboxylic acids is 4. The third-order valence-electron chi connectivity index (χ3n) is 18.2. The number of carbonyl (C=O) groups is 4. The van der Waals surface area contributed by atoms with Crippen molar-refractivity contribution in [3.05, 3.63) is 0 Å². The van der Waals surface area contributed by atoms with Crippen LogP contribution in [0.2, 0.25) is 0 Å². The lowest BCUT2D eigenvalue weighted by atomic mass is 9.99. The van der Waals surface area contributed by atoms with Crippen molar-refractivity contribution in [3.8, 4) is 0 Å². The predicted octanol–water partition coefficient (Wildman–Crippen LogP) is 22.4. The van der Waals surface area contributed by atoms with Gasteiger partial charge in [0.15, 0.2) is 12.2 Å². The maximum Gasteiger partial charge on any atom is 0.472 e. The van der Waals surface area contributed by atoms with Crippen molar-refractivity contribution in [2.45, 2.75) is 408 Å². The van der Waals surface area contributed by atoms with Crippen molar-refractivity contribution in [1.82, 2.24) is 0 Å². The molecule has 19 heteroatoms. The summed E-state index contributed by atoms with van der Waals surface area (Å²) < 4.78 is 68.5. The Morgan fingerprint density at radius 1 is 0.292 bits per heavy atom. The molecule has 0 aromatic carbocycles. The molecule has 4 unspecified atom stereocenters. The van der Waals surface area contributed by atoms with Gasteiger partial charge in [0, 0.05) is 25.7 Å². The van der Waals surface area contributed by atoms with Crippen molar-refractivity contribution >= 4 is 39.5 Å². The highest BCUT2D eigenvalue weighted by Crippen LogP contribution is 2.45. The monoisotopic (exact) mass is 1410 g/mol. The van der Waals surface area contributed by atoms with Gasteiger partial charge in [-0.2, -0.15) is 0 Å². The summed E-state index contributed by atoms with van der Waals surface area (Å²) in [5, 5.41) is 10.6. The number of aliphatic hydroxyl groups is 1. The minimum Gasteiger partial charge on any atom is -0.462 e. The Balaban J connectivity index is 5.15. The first kappa shape index (κ1) is 94.1. The Kier molecular flexibility index (Phi) is 65.0. The smallest absolute Gasteiger partial charge is 0.462 e. The van der Waals surface area contributed by atoms with E-state index in [9.17, 15) is 43.2 Å². The van der Waals surface area contributed by atoms with E-state index in [1.807, 2.05) is 0 Å². The molecule has 0 saturated heterocycles. The van der Waals surface area contributed by atoms with Crippen LogP contribution in [0.5, 0.6) is 0 Å². The summed E-state index contributed by atoms with van der Waals surface area (Å²) in [5.74, 6) is 0.908. The molecule has 0 aliphatic carbocycles. The number of hydrogen-bond donors (Lipinski definition) is 3. The van der Waals surface area contributed by atoms with Crippen molar-refractivity contribution < 1.29 is 80.2 Å². The lowest BCUT2D eigenvalue weighted by molar-refractivity contribution is -0.161. The van der Waals surface area contributed by atoms with E-state index in [2.05, 4.69) is 55.4 Å². The Morgan fingerprint density at radius 2 is 0.500 bits per heavy atom. The zero-order valence-corrected chi connectivity index (χ0v) is 64.8. The standard InChI is InChI=1S/C77H150O17P2/c1-9-70(8)56-48-40-31-25-21-16-14-12-10-11-13-15-17-22-26-32-43-51-59-77(82)94-73(64-88-75(80)58-50-42-36-35-39-47-55-69(6)7)66-92-96(85,86)90-62-71(78)61-89-95(83,84)91-65-72(63-87-74(79)57-49-41-34-28-30-38-46-54-68(4)5)93-76(81)60-52-44-33-27-23-19-18-20-24-29-37-45-53-67(2)3/h67-73,78H,9-66H2,1-8H3,(H,83,84)(H,85,86)/t70?,71?,72-,73-/m1/s1. The minimum atomic E-state index is -4.96. The van der Waals surface area contributed by atoms with Crippen LogP contribution < -0.4 is 0 Å². The summed E-state index contributed by atoms with van der Waals surface area (Å²) in [7, 11) is -9.91. The second-order valence-corrected chi connectivity index (χ2v) is 32.3. The van der Waals surface area contributed by atoms with Crippen molar-refractivity contribution in [2.24, 2.45) is 23.7 Å². The molecule has 0 heterocycles. The van der Waals surface area contributed by atoms with Crippen LogP contribution in [0.15, 0.2) is 0 Å². The van der Waals surface area contributed by atoms with Crippen LogP contribution in [0, 0.1) is 23.7 Å². The second-order valence-electron chi connectivity index (χ2n) is 29.4. The van der Waals surface area contributed by atoms with Gasteiger partial charge in [-0.25, -0.2) is 9.13 Å². The molecule has 6 atom stereocenters. The van der Waals surface area contributed by atoms with E-state index in [1.54, 1.807) is 0 Å². The molecule has 0 aliphatic heterocycles. The fourth-order valence-electron chi connectivity index (χ4n) is 11.7. The van der Waals surface area contributed by atoms with Crippen LogP contribution >= 0.6 is 15.6 Å². The first-order chi connectivity index (χ1) is 46.1. The molecule has 0 fully saturated rings. The molecule has 0 amide bonds. The summed E-state index contributed by atoms with van der Waals surface area (Å²) in [6.07, 6.45) is 51.7. The Bertz CT molecular complexity index is 1890. The molecule has 0 aromatic heterocycles. The third-order valence-corrected chi connectivity index (χ3v) is 20.1. The molecule has 0 rings (SSSR count). The van der Waals surface area contributed by atoms with Crippen LogP contribution in [0.25, 0.3) is 0 Å². The molecule has 570 valence electrons. The SMILES string of the molecule is CCC(C)CCCCCCCCCCCCCCCCCCCCC(=O)O[C@H](COC(=O)CCCCCCCCC(C)C)COP(=O)(O)OCC(O)COP(=O)(O)OC[C@@H](COC(=O)CCCCCCCCCC(C)C)OC(=O)CCCCCCCCCCCCCCC(C)C. The number of aliphatic hydroxyl groups excluding tert-OH is 1. The average molecular weight is 1410 g/mol. The quantitative estimate of drug-likeness (QED) is 0.0222. The molecule has 0 bridgehead atoms. The highest BCUT2D eigenvalue weighted by Gasteiger charge is 2.30. The van der Waals surface area contributed by atoms with Gasteiger partial charge in [-0.15, -0.1) is 0 Å². The number of rotatable bonds is 74. The maximum atomic E-state index is 13.1. The average Bonchev–Trinajstić information content (AvgIpc) is 1.60. The number of esters is 4. The summed E-state index contributed by atoms with van der Waals surface area (Å²) >= 11 is 0. The fraction of sp³-hybridized carbons (Fsp3) is 0.948. The third kappa shape index (κ3) is 69.2. The van der Waals surface area contributed by atoms with Crippen molar-refractivity contribution in [1.29, 1.82) is 0 Å². The van der Waals surface area contributed by atoms with Gasteiger partial charge in [0.1, 0.15) is 19.3 Å². The second kappa shape index (κ2) is 66.3. The summed E-state index contributed by atoms with van der Waals surface area (Å²) in [5.41, 5.74) is 0. The molecule has 3 N–H and O–H groups in total. The molecular weight excluding hydrogens is 1260 g/mol. The highest BCUT2D eigenvalue weighted by atomic mass is 31.2. The van der Waals surface area contributed by atoms with Crippen LogP contribution in [0.4, 0.5) is 0 Å². The van der Waals surface area contributed by atoms with E-state index in [4.69, 9.17) is 37.0 Å². The van der Waals surface area contributed by atoms with E-state index in [1.165, 1.54) is 180 Å². The zero-order chi connectivity index (χ0) is 71.0. The summed E-state index contributed by atoms with van der Waals surface area (Å²) in [6, 6.07) is 0. The first-order valence-electron chi connectivity index (χ1n) is 39.7. The van der Waals surface area contributed by atoms with Gasteiger partial charge in [0.05, 0.1) is 26.4 Å². The van der Waals surface area contributed by atoms with E-state index in [-0.39, 0.29) is 25.7 Å². The topological polar surface area (TPSA) is 237 Å². The summed E-state index contributed by atoms with van der Waals surface area (Å²) in [4.78, 5) is 72.7. The van der Waals surface area contributed by atoms with Gasteiger partial charge in [-0.3, -0.25) is 37.3 Å². The number of ether oxygens (including phenoxy) is 4. The molecule has 0 radical (unpaired) electrons. The van der Waals surface area contributed by atoms with Crippen LogP contribution in [0.1, 0.15) is 389 Å². The van der Waals surface area contributed by atoms with Crippen molar-refractivity contribution in [2.75, 3.05) is 39.6 Å². The van der Waals surface area contributed by atoms with E-state index >= 15 is 0 Å². The van der Waals surface area contributed by atoms with Gasteiger partial charge in [-0.05, 0) is 49.4 Å². The first-order valence-corrected chi connectivity index (χ1v) is 42.7. The van der Waals surface area contributed by atoms with Crippen LogP contribution in [-0.4, -0.2) is 96.7 Å². The lowest BCUT2D eigenvalue weighted by Crippen LogP contribution is -2.30. The molecule has 0 aliphatic rings. The van der Waals surface area contributed by atoms with Gasteiger partial charge in [-0.1, -0.05) is 338 Å². The van der Waals surface area contributed by atoms with Gasteiger partial charge in [0.25, 0.3) is 0 Å². The van der Waals surface area contributed by atoms with Gasteiger partial charge in [0.2, 0.25) is 0 Å². The van der Waals surface area contributed by atoms with Gasteiger partial charge >= 0.3 is 39.5 Å². The van der Waals surface area contributed by atoms with E-state index < -0.39 is 97.5 Å². The maximum absolute atomic E-state index is 13.1. The Hall–Kier alpha value is -1.94. The molecule has 96 heavy (non-hydrogen) atoms. The predicted molar refractivity (Wildman–Crippen MR) is 391 cm³/mol. The molecule has 0 spiro atoms. The molecular formula is C77H150O17P2.